The van der Waals surface area contributed by atoms with E-state index in [0.717, 1.165) is 10.4 Å². The van der Waals surface area contributed by atoms with Crippen LogP contribution < -0.4 is 5.32 Å². The highest BCUT2D eigenvalue weighted by Gasteiger charge is 2.55. The number of hydrogen-bond donors (Lipinski definition) is 2. The number of fused-ring (bicyclic) bond motifs is 2. The van der Waals surface area contributed by atoms with Gasteiger partial charge in [0, 0.05) is 15.5 Å². The van der Waals surface area contributed by atoms with Crippen LogP contribution >= 0.6 is 22.9 Å². The van der Waals surface area contributed by atoms with Gasteiger partial charge in [0.2, 0.25) is 5.91 Å². The third-order valence-electron chi connectivity index (χ3n) is 5.86. The van der Waals surface area contributed by atoms with Crippen LogP contribution in [0.2, 0.25) is 5.02 Å². The number of aliphatic carboxylic acids is 1. The zero-order valence-electron chi connectivity index (χ0n) is 17.9. The lowest BCUT2D eigenvalue weighted by atomic mass is 9.78. The van der Waals surface area contributed by atoms with Crippen molar-refractivity contribution in [3.8, 4) is 11.1 Å². The Hall–Kier alpha value is -2.42. The largest absolute Gasteiger partial charge is 0.481 e. The molecule has 1 aromatic heterocycles. The maximum absolute atomic E-state index is 13.2. The van der Waals surface area contributed by atoms with E-state index >= 15 is 0 Å². The molecule has 1 amide bonds. The fraction of sp³-hybridized carbons (Fsp3) is 0.435. The lowest BCUT2D eigenvalue weighted by Crippen LogP contribution is -2.41. The van der Waals surface area contributed by atoms with Gasteiger partial charge < -0.3 is 19.9 Å². The molecule has 0 saturated carbocycles. The number of carboxylic acid groups (broad SMARTS) is 1. The smallest absolute Gasteiger partial charge is 0.342 e. The summed E-state index contributed by atoms with van der Waals surface area (Å²) in [5.74, 6) is -3.74. The predicted octanol–water partition coefficient (Wildman–Crippen LogP) is 4.76. The van der Waals surface area contributed by atoms with E-state index in [1.165, 1.54) is 11.3 Å². The topological polar surface area (TPSA) is 102 Å². The number of benzene rings is 1. The van der Waals surface area contributed by atoms with Gasteiger partial charge in [-0.15, -0.1) is 11.3 Å². The van der Waals surface area contributed by atoms with Crippen LogP contribution in [0.25, 0.3) is 11.1 Å². The minimum atomic E-state index is -1.04. The lowest BCUT2D eigenvalue weighted by molar-refractivity contribution is -0.147. The second kappa shape index (κ2) is 8.84. The number of ether oxygens (including phenoxy) is 2. The van der Waals surface area contributed by atoms with Gasteiger partial charge in [-0.25, -0.2) is 4.79 Å². The fourth-order valence-corrected chi connectivity index (χ4v) is 5.78. The Morgan fingerprint density at radius 3 is 2.38 bits per heavy atom. The van der Waals surface area contributed by atoms with Gasteiger partial charge in [0.15, 0.2) is 0 Å². The lowest BCUT2D eigenvalue weighted by Gasteiger charge is -2.23. The van der Waals surface area contributed by atoms with E-state index in [-0.39, 0.29) is 11.7 Å². The molecule has 2 saturated heterocycles. The molecule has 32 heavy (non-hydrogen) atoms. The van der Waals surface area contributed by atoms with Crippen LogP contribution in [0.15, 0.2) is 24.3 Å². The third-order valence-corrected chi connectivity index (χ3v) is 7.13. The Bertz CT molecular complexity index is 1060. The van der Waals surface area contributed by atoms with Crippen molar-refractivity contribution in [3.05, 3.63) is 39.7 Å². The number of rotatable bonds is 6. The number of esters is 1. The van der Waals surface area contributed by atoms with Gasteiger partial charge >= 0.3 is 11.9 Å². The second-order valence-electron chi connectivity index (χ2n) is 8.37. The molecule has 3 heterocycles. The van der Waals surface area contributed by atoms with Crippen LogP contribution in [0.5, 0.6) is 0 Å². The summed E-state index contributed by atoms with van der Waals surface area (Å²) >= 11 is 7.28. The summed E-state index contributed by atoms with van der Waals surface area (Å²) < 4.78 is 11.2. The van der Waals surface area contributed by atoms with Crippen molar-refractivity contribution < 1.29 is 29.0 Å². The Morgan fingerprint density at radius 2 is 1.78 bits per heavy atom. The molecule has 2 fully saturated rings. The standard InChI is InChI=1S/C23H24ClNO6S/c1-10(2)30-23(29)19-16(12-4-6-13(24)7-5-12)11(3)32-21(19)25-20(26)17-14-8-9-15(31-14)18(17)22(27)28/h4-7,10,14-15,17-18H,8-9H2,1-3H3,(H,25,26)(H,27,28)/t14-,15-,17-,18+/m1/s1. The van der Waals surface area contributed by atoms with E-state index in [2.05, 4.69) is 5.32 Å². The van der Waals surface area contributed by atoms with Crippen LogP contribution in [0.4, 0.5) is 5.00 Å². The molecule has 2 aromatic rings. The molecule has 2 aliphatic heterocycles. The van der Waals surface area contributed by atoms with E-state index in [1.807, 2.05) is 6.92 Å². The van der Waals surface area contributed by atoms with Gasteiger partial charge in [-0.2, -0.15) is 0 Å². The third kappa shape index (κ3) is 4.14. The molecule has 4 rings (SSSR count). The van der Waals surface area contributed by atoms with Crippen molar-refractivity contribution in [1.82, 2.24) is 0 Å². The Kier molecular flexibility index (Phi) is 6.29. The molecule has 1 aromatic carbocycles. The number of nitrogens with one attached hydrogen (secondary N) is 1. The zero-order valence-corrected chi connectivity index (χ0v) is 19.5. The first-order chi connectivity index (χ1) is 15.2. The van der Waals surface area contributed by atoms with E-state index in [9.17, 15) is 19.5 Å². The highest BCUT2D eigenvalue weighted by molar-refractivity contribution is 7.17. The van der Waals surface area contributed by atoms with Crippen LogP contribution in [-0.2, 0) is 19.1 Å². The average molecular weight is 478 g/mol. The van der Waals surface area contributed by atoms with Gasteiger partial charge in [0.25, 0.3) is 0 Å². The molecule has 9 heteroatoms. The molecule has 4 atom stereocenters. The predicted molar refractivity (Wildman–Crippen MR) is 121 cm³/mol. The van der Waals surface area contributed by atoms with Crippen LogP contribution in [-0.4, -0.2) is 41.3 Å². The SMILES string of the molecule is Cc1sc(NC(=O)[C@H]2[C@@H](C(=O)O)[C@H]3CC[C@H]2O3)c(C(=O)OC(C)C)c1-c1ccc(Cl)cc1. The molecule has 7 nitrogen and oxygen atoms in total. The van der Waals surface area contributed by atoms with Gasteiger partial charge in [0.05, 0.1) is 30.1 Å². The van der Waals surface area contributed by atoms with E-state index in [4.69, 9.17) is 21.1 Å². The van der Waals surface area contributed by atoms with E-state index < -0.39 is 41.9 Å². The highest BCUT2D eigenvalue weighted by Crippen LogP contribution is 2.46. The van der Waals surface area contributed by atoms with Crippen molar-refractivity contribution in [3.63, 3.8) is 0 Å². The van der Waals surface area contributed by atoms with Gasteiger partial charge in [-0.1, -0.05) is 23.7 Å². The summed E-state index contributed by atoms with van der Waals surface area (Å²) in [6.45, 7) is 5.36. The maximum Gasteiger partial charge on any atom is 0.342 e. The number of anilines is 1. The summed E-state index contributed by atoms with van der Waals surface area (Å²) in [6.07, 6.45) is 0.0572. The number of thiophene rings is 1. The highest BCUT2D eigenvalue weighted by atomic mass is 35.5. The number of aryl methyl sites for hydroxylation is 1. The number of carbonyl (C=O) groups excluding carboxylic acids is 2. The Morgan fingerprint density at radius 1 is 1.16 bits per heavy atom. The zero-order chi connectivity index (χ0) is 23.2. The minimum Gasteiger partial charge on any atom is -0.481 e. The summed E-state index contributed by atoms with van der Waals surface area (Å²) in [6, 6.07) is 7.07. The van der Waals surface area contributed by atoms with Crippen LogP contribution in [0, 0.1) is 18.8 Å². The minimum absolute atomic E-state index is 0.257. The average Bonchev–Trinajstić information content (AvgIpc) is 3.41. The summed E-state index contributed by atoms with van der Waals surface area (Å²) in [7, 11) is 0. The summed E-state index contributed by atoms with van der Waals surface area (Å²) in [5, 5.41) is 13.4. The van der Waals surface area contributed by atoms with E-state index in [1.54, 1.807) is 38.1 Å². The molecule has 2 aliphatic rings. The van der Waals surface area contributed by atoms with Crippen molar-refractivity contribution in [2.75, 3.05) is 5.32 Å². The first-order valence-corrected chi connectivity index (χ1v) is 11.7. The number of carboxylic acids is 1. The first-order valence-electron chi connectivity index (χ1n) is 10.5. The Labute approximate surface area is 194 Å². The molecule has 0 aliphatic carbocycles. The summed E-state index contributed by atoms with van der Waals surface area (Å²) in [5.41, 5.74) is 1.69. The Balaban J connectivity index is 1.71. The first kappa shape index (κ1) is 22.8. The van der Waals surface area contributed by atoms with Crippen LogP contribution in [0.1, 0.15) is 41.9 Å². The van der Waals surface area contributed by atoms with Crippen molar-refractivity contribution in [2.45, 2.75) is 51.9 Å². The summed E-state index contributed by atoms with van der Waals surface area (Å²) in [4.78, 5) is 38.8. The molecule has 0 radical (unpaired) electrons. The molecule has 2 N–H and O–H groups in total. The quantitative estimate of drug-likeness (QED) is 0.581. The molecule has 0 spiro atoms. The normalized spacial score (nSPS) is 24.0. The number of amides is 1. The van der Waals surface area contributed by atoms with Crippen molar-refractivity contribution in [2.24, 2.45) is 11.8 Å². The molecular formula is C23H24ClNO6S. The molecule has 2 bridgehead atoms. The fourth-order valence-electron chi connectivity index (χ4n) is 4.58. The number of carbonyl (C=O) groups is 3. The van der Waals surface area contributed by atoms with Crippen molar-refractivity contribution >= 4 is 45.8 Å². The monoisotopic (exact) mass is 477 g/mol. The van der Waals surface area contributed by atoms with E-state index in [0.29, 0.717) is 28.4 Å². The number of halogens is 1. The second-order valence-corrected chi connectivity index (χ2v) is 10.0. The van der Waals surface area contributed by atoms with Gasteiger partial charge in [-0.05, 0) is 51.3 Å². The maximum atomic E-state index is 13.2. The van der Waals surface area contributed by atoms with Gasteiger partial charge in [-0.3, -0.25) is 9.59 Å². The molecule has 0 unspecified atom stereocenters. The molecular weight excluding hydrogens is 454 g/mol. The van der Waals surface area contributed by atoms with Crippen LogP contribution in [0.3, 0.4) is 0 Å². The van der Waals surface area contributed by atoms with Crippen molar-refractivity contribution in [1.29, 1.82) is 0 Å². The van der Waals surface area contributed by atoms with Gasteiger partial charge in [0.1, 0.15) is 10.6 Å². The number of hydrogen-bond acceptors (Lipinski definition) is 6. The molecule has 170 valence electrons.